The number of hydrazine groups is 1. The molecule has 0 radical (unpaired) electrons. The molecule has 1 saturated heterocycles. The van der Waals surface area contributed by atoms with Crippen molar-refractivity contribution in [1.29, 1.82) is 0 Å². The second-order valence-corrected chi connectivity index (χ2v) is 5.85. The molecule has 0 saturated carbocycles. The van der Waals surface area contributed by atoms with Crippen LogP contribution >= 0.6 is 0 Å². The molecule has 11 heteroatoms. The number of carbonyl (C=O) groups is 5. The van der Waals surface area contributed by atoms with Gasteiger partial charge in [-0.3, -0.25) is 25.1 Å². The van der Waals surface area contributed by atoms with Gasteiger partial charge in [-0.15, -0.1) is 0 Å². The average molecular weight is 397 g/mol. The van der Waals surface area contributed by atoms with E-state index in [1.807, 2.05) is 16.2 Å². The highest BCUT2D eigenvalue weighted by molar-refractivity contribution is 6.34. The van der Waals surface area contributed by atoms with E-state index in [9.17, 15) is 29.1 Å². The zero-order valence-electron chi connectivity index (χ0n) is 14.7. The van der Waals surface area contributed by atoms with E-state index in [2.05, 4.69) is 5.32 Å². The highest BCUT2D eigenvalue weighted by atomic mass is 16.3. The quantitative estimate of drug-likeness (QED) is 0.287. The molecular formula is C18H15N5O6. The van der Waals surface area contributed by atoms with Crippen molar-refractivity contribution in [3.8, 4) is 5.75 Å². The minimum Gasteiger partial charge on any atom is -0.508 e. The molecule has 0 spiro atoms. The lowest BCUT2D eigenvalue weighted by molar-refractivity contribution is -0.142. The molecule has 5 N–H and O–H groups in total. The number of hydrogen-bond acceptors (Lipinski definition) is 6. The van der Waals surface area contributed by atoms with Gasteiger partial charge < -0.3 is 10.4 Å². The van der Waals surface area contributed by atoms with Gasteiger partial charge in [-0.1, -0.05) is 18.2 Å². The Labute approximate surface area is 163 Å². The monoisotopic (exact) mass is 397 g/mol. The van der Waals surface area contributed by atoms with Crippen LogP contribution in [0.1, 0.15) is 0 Å². The lowest BCUT2D eigenvalue weighted by Crippen LogP contribution is -2.63. The van der Waals surface area contributed by atoms with Crippen LogP contribution in [0.5, 0.6) is 5.75 Å². The van der Waals surface area contributed by atoms with E-state index in [0.29, 0.717) is 10.6 Å². The van der Waals surface area contributed by atoms with Crippen LogP contribution in [0.3, 0.4) is 0 Å². The number of carbonyl (C=O) groups excluding carboxylic acids is 5. The first-order chi connectivity index (χ1) is 13.9. The van der Waals surface area contributed by atoms with E-state index >= 15 is 0 Å². The summed E-state index contributed by atoms with van der Waals surface area (Å²) in [7, 11) is 0. The number of phenolic OH excluding ortho intramolecular Hbond substituents is 1. The average Bonchev–Trinajstić information content (AvgIpc) is 2.68. The summed E-state index contributed by atoms with van der Waals surface area (Å²) in [6.45, 7) is 0. The second kappa shape index (κ2) is 8.08. The molecule has 7 amide bonds. The van der Waals surface area contributed by atoms with Gasteiger partial charge in [0.1, 0.15) is 5.75 Å². The minimum absolute atomic E-state index is 0.00333. The number of rotatable bonds is 3. The number of para-hydroxylation sites is 1. The Morgan fingerprint density at radius 1 is 0.931 bits per heavy atom. The van der Waals surface area contributed by atoms with Crippen LogP contribution in [0.4, 0.5) is 21.0 Å². The highest BCUT2D eigenvalue weighted by Gasteiger charge is 2.45. The van der Waals surface area contributed by atoms with E-state index < -0.39 is 35.7 Å². The van der Waals surface area contributed by atoms with Crippen molar-refractivity contribution in [2.45, 2.75) is 0 Å². The Morgan fingerprint density at radius 2 is 1.59 bits per heavy atom. The molecule has 1 atom stereocenters. The Bertz CT molecular complexity index is 976. The second-order valence-electron chi connectivity index (χ2n) is 5.85. The van der Waals surface area contributed by atoms with Gasteiger partial charge in [0.2, 0.25) is 5.91 Å². The molecule has 2 aromatic rings. The first kappa shape index (κ1) is 19.4. The normalized spacial score (nSPS) is 16.1. The van der Waals surface area contributed by atoms with Gasteiger partial charge in [0, 0.05) is 5.69 Å². The lowest BCUT2D eigenvalue weighted by atomic mass is 10.0. The molecule has 1 aliphatic rings. The Hall–Kier alpha value is -4.41. The Kier molecular flexibility index (Phi) is 5.39. The van der Waals surface area contributed by atoms with Crippen LogP contribution in [-0.2, 0) is 14.4 Å². The van der Waals surface area contributed by atoms with Crippen LogP contribution in [0.2, 0.25) is 0 Å². The molecule has 1 heterocycles. The van der Waals surface area contributed by atoms with Crippen molar-refractivity contribution in [3.05, 3.63) is 54.6 Å². The SMILES string of the molecule is O=C(NNC(=O)C1C(=O)NC(=O)N(c2ccccc2)C1=O)Nc1ccc(O)cc1. The minimum atomic E-state index is -1.87. The topological polar surface area (TPSA) is 157 Å². The van der Waals surface area contributed by atoms with Crippen molar-refractivity contribution in [1.82, 2.24) is 16.2 Å². The number of benzene rings is 2. The molecule has 0 aromatic heterocycles. The number of barbiturate groups is 1. The van der Waals surface area contributed by atoms with Gasteiger partial charge >= 0.3 is 12.1 Å². The van der Waals surface area contributed by atoms with Gasteiger partial charge in [0.15, 0.2) is 5.92 Å². The zero-order chi connectivity index (χ0) is 21.0. The summed E-state index contributed by atoms with van der Waals surface area (Å²) in [5.41, 5.74) is 4.46. The molecule has 148 valence electrons. The third kappa shape index (κ3) is 4.30. The standard InChI is InChI=1S/C18H15N5O6/c24-12-8-6-10(7-9-12)19-17(28)22-21-15(26)13-14(25)20-18(29)23(16(13)27)11-4-2-1-3-5-11/h1-9,13,24H,(H,21,26)(H2,19,22,28)(H,20,25,29). The maximum atomic E-state index is 12.6. The number of nitrogens with one attached hydrogen (secondary N) is 4. The summed E-state index contributed by atoms with van der Waals surface area (Å²) in [4.78, 5) is 61.4. The van der Waals surface area contributed by atoms with Gasteiger partial charge in [-0.25, -0.2) is 19.9 Å². The fourth-order valence-electron chi connectivity index (χ4n) is 2.53. The van der Waals surface area contributed by atoms with Crippen molar-refractivity contribution in [3.63, 3.8) is 0 Å². The summed E-state index contributed by atoms with van der Waals surface area (Å²) in [6, 6.07) is 11.4. The molecule has 11 nitrogen and oxygen atoms in total. The number of urea groups is 2. The van der Waals surface area contributed by atoms with E-state index in [0.717, 1.165) is 0 Å². The van der Waals surface area contributed by atoms with Gasteiger partial charge in [0.05, 0.1) is 5.69 Å². The number of nitrogens with zero attached hydrogens (tertiary/aromatic N) is 1. The number of aromatic hydroxyl groups is 1. The van der Waals surface area contributed by atoms with E-state index in [1.54, 1.807) is 18.2 Å². The molecular weight excluding hydrogens is 382 g/mol. The molecule has 0 bridgehead atoms. The highest BCUT2D eigenvalue weighted by Crippen LogP contribution is 2.20. The van der Waals surface area contributed by atoms with Crippen LogP contribution in [0.25, 0.3) is 0 Å². The molecule has 29 heavy (non-hydrogen) atoms. The van der Waals surface area contributed by atoms with Gasteiger partial charge in [-0.2, -0.15) is 0 Å². The van der Waals surface area contributed by atoms with Crippen molar-refractivity contribution in [2.75, 3.05) is 10.2 Å². The van der Waals surface area contributed by atoms with Crippen molar-refractivity contribution < 1.29 is 29.1 Å². The van der Waals surface area contributed by atoms with E-state index in [4.69, 9.17) is 0 Å². The summed E-state index contributed by atoms with van der Waals surface area (Å²) < 4.78 is 0. The smallest absolute Gasteiger partial charge is 0.337 e. The lowest BCUT2D eigenvalue weighted by Gasteiger charge is -2.29. The fourth-order valence-corrected chi connectivity index (χ4v) is 2.53. The van der Waals surface area contributed by atoms with Gasteiger partial charge in [-0.05, 0) is 36.4 Å². The maximum absolute atomic E-state index is 12.6. The van der Waals surface area contributed by atoms with Crippen LogP contribution in [-0.4, -0.2) is 34.9 Å². The summed E-state index contributed by atoms with van der Waals surface area (Å²) in [6.07, 6.45) is 0. The largest absolute Gasteiger partial charge is 0.508 e. The zero-order valence-corrected chi connectivity index (χ0v) is 14.7. The Morgan fingerprint density at radius 3 is 2.24 bits per heavy atom. The van der Waals surface area contributed by atoms with Crippen molar-refractivity contribution in [2.24, 2.45) is 5.92 Å². The van der Waals surface area contributed by atoms with Crippen LogP contribution < -0.4 is 26.4 Å². The number of phenols is 1. The third-order valence-electron chi connectivity index (χ3n) is 3.86. The predicted molar refractivity (Wildman–Crippen MR) is 99.4 cm³/mol. The van der Waals surface area contributed by atoms with E-state index in [-0.39, 0.29) is 11.4 Å². The van der Waals surface area contributed by atoms with Crippen molar-refractivity contribution >= 4 is 41.2 Å². The number of imide groups is 2. The summed E-state index contributed by atoms with van der Waals surface area (Å²) in [5, 5.41) is 13.5. The number of anilines is 2. The van der Waals surface area contributed by atoms with E-state index in [1.165, 1.54) is 36.4 Å². The van der Waals surface area contributed by atoms with Crippen LogP contribution in [0, 0.1) is 5.92 Å². The number of amides is 7. The molecule has 3 rings (SSSR count). The van der Waals surface area contributed by atoms with Crippen LogP contribution in [0.15, 0.2) is 54.6 Å². The molecule has 1 fully saturated rings. The Balaban J connectivity index is 1.65. The molecule has 2 aromatic carbocycles. The first-order valence-corrected chi connectivity index (χ1v) is 8.26. The maximum Gasteiger partial charge on any atom is 0.337 e. The van der Waals surface area contributed by atoms with Gasteiger partial charge in [0.25, 0.3) is 11.8 Å². The number of hydrogen-bond donors (Lipinski definition) is 5. The summed E-state index contributed by atoms with van der Waals surface area (Å²) in [5.74, 6) is -5.15. The molecule has 1 aliphatic heterocycles. The molecule has 0 aliphatic carbocycles. The fraction of sp³-hybridized carbons (Fsp3) is 0.0556. The summed E-state index contributed by atoms with van der Waals surface area (Å²) >= 11 is 0. The third-order valence-corrected chi connectivity index (χ3v) is 3.86. The predicted octanol–water partition coefficient (Wildman–Crippen LogP) is 0.444. The molecule has 1 unspecified atom stereocenters. The first-order valence-electron chi connectivity index (χ1n) is 8.26.